The van der Waals surface area contributed by atoms with Crippen LogP contribution in [-0.4, -0.2) is 70.9 Å². The van der Waals surface area contributed by atoms with E-state index in [2.05, 4.69) is 32.9 Å². The standard InChI is InChI=1S/C10H10.C7H10O3.2C4H6O2.C2H6O2/c1-3-9-7-5-6-8-10(9)4-2;1-5(2)7(8)10-4-6-3-9-6;2*1-3(2)4(5)6;3-1-2-4/h3-8H,1-2H2;6H,1,3-4H2,2H3;2*1H2,2H3,(H,5,6);3-4H,1-2H2. The molecule has 36 heavy (non-hydrogen) atoms. The van der Waals surface area contributed by atoms with Crippen LogP contribution in [-0.2, 0) is 23.9 Å². The summed E-state index contributed by atoms with van der Waals surface area (Å²) in [4.78, 5) is 29.9. The number of hydrogen-bond donors (Lipinski definition) is 4. The second-order valence-electron chi connectivity index (χ2n) is 6.99. The molecule has 2 rings (SSSR count). The first kappa shape index (κ1) is 36.8. The minimum absolute atomic E-state index is 0.125. The average molecular weight is 507 g/mol. The van der Waals surface area contributed by atoms with E-state index in [1.165, 1.54) is 13.8 Å². The highest BCUT2D eigenvalue weighted by molar-refractivity contribution is 5.87. The van der Waals surface area contributed by atoms with Crippen LogP contribution < -0.4 is 0 Å². The summed E-state index contributed by atoms with van der Waals surface area (Å²) in [5.41, 5.74) is 3.06. The number of epoxide rings is 1. The molecule has 9 heteroatoms. The third kappa shape index (κ3) is 24.8. The fraction of sp³-hybridized carbons (Fsp3) is 0.296. The van der Waals surface area contributed by atoms with Crippen LogP contribution in [0.25, 0.3) is 12.2 Å². The van der Waals surface area contributed by atoms with Gasteiger partial charge in [-0.2, -0.15) is 0 Å². The van der Waals surface area contributed by atoms with E-state index in [-0.39, 0.29) is 36.4 Å². The van der Waals surface area contributed by atoms with Crippen molar-refractivity contribution in [1.82, 2.24) is 0 Å². The first-order chi connectivity index (χ1) is 16.8. The number of benzene rings is 1. The van der Waals surface area contributed by atoms with Crippen molar-refractivity contribution in [2.24, 2.45) is 0 Å². The first-order valence-corrected chi connectivity index (χ1v) is 10.6. The molecule has 0 aromatic heterocycles. The summed E-state index contributed by atoms with van der Waals surface area (Å²) in [6.45, 7) is 22.5. The van der Waals surface area contributed by atoms with Crippen LogP contribution >= 0.6 is 0 Å². The molecule has 0 saturated carbocycles. The van der Waals surface area contributed by atoms with Crippen molar-refractivity contribution >= 4 is 30.1 Å². The monoisotopic (exact) mass is 506 g/mol. The Balaban J connectivity index is -0.000000395. The summed E-state index contributed by atoms with van der Waals surface area (Å²) in [6, 6.07) is 8.02. The van der Waals surface area contributed by atoms with Gasteiger partial charge in [-0.15, -0.1) is 0 Å². The zero-order valence-corrected chi connectivity index (χ0v) is 21.2. The molecule has 0 bridgehead atoms. The molecule has 200 valence electrons. The van der Waals surface area contributed by atoms with Gasteiger partial charge in [0, 0.05) is 16.7 Å². The maximum absolute atomic E-state index is 10.7. The fourth-order valence-corrected chi connectivity index (χ4v) is 1.34. The van der Waals surface area contributed by atoms with E-state index in [1.54, 1.807) is 6.92 Å². The van der Waals surface area contributed by atoms with E-state index in [9.17, 15) is 14.4 Å². The summed E-state index contributed by atoms with van der Waals surface area (Å²) in [7, 11) is 0. The van der Waals surface area contributed by atoms with Gasteiger partial charge in [0.15, 0.2) is 0 Å². The van der Waals surface area contributed by atoms with Gasteiger partial charge in [-0.3, -0.25) is 0 Å². The second kappa shape index (κ2) is 23.0. The Morgan fingerprint density at radius 2 is 1.22 bits per heavy atom. The van der Waals surface area contributed by atoms with Crippen LogP contribution in [0.4, 0.5) is 0 Å². The van der Waals surface area contributed by atoms with Gasteiger partial charge in [0.25, 0.3) is 0 Å². The van der Waals surface area contributed by atoms with Gasteiger partial charge in [-0.05, 0) is 31.9 Å². The Kier molecular flexibility index (Phi) is 23.5. The van der Waals surface area contributed by atoms with E-state index >= 15 is 0 Å². The minimum atomic E-state index is -0.935. The normalized spacial score (nSPS) is 11.9. The number of aliphatic hydroxyl groups excluding tert-OH is 2. The minimum Gasteiger partial charge on any atom is -0.478 e. The maximum Gasteiger partial charge on any atom is 0.333 e. The quantitative estimate of drug-likeness (QED) is 0.234. The number of carbonyl (C=O) groups is 3. The summed E-state index contributed by atoms with van der Waals surface area (Å²) in [6.07, 6.45) is 3.80. The highest BCUT2D eigenvalue weighted by atomic mass is 16.6. The summed E-state index contributed by atoms with van der Waals surface area (Å²) < 4.78 is 9.60. The van der Waals surface area contributed by atoms with E-state index in [1.807, 2.05) is 36.4 Å². The number of aliphatic hydroxyl groups is 2. The van der Waals surface area contributed by atoms with Gasteiger partial charge in [0.2, 0.25) is 0 Å². The van der Waals surface area contributed by atoms with Crippen LogP contribution in [0.15, 0.2) is 73.9 Å². The Bertz CT molecular complexity index is 804. The number of carboxylic acids is 2. The molecule has 0 amide bonds. The lowest BCUT2D eigenvalue weighted by Gasteiger charge is -1.99. The van der Waals surface area contributed by atoms with Crippen LogP contribution in [0.2, 0.25) is 0 Å². The van der Waals surface area contributed by atoms with Crippen LogP contribution in [0.1, 0.15) is 31.9 Å². The van der Waals surface area contributed by atoms with Gasteiger partial charge >= 0.3 is 17.9 Å². The van der Waals surface area contributed by atoms with Crippen molar-refractivity contribution in [3.8, 4) is 0 Å². The van der Waals surface area contributed by atoms with Gasteiger partial charge in [-0.1, -0.05) is 69.3 Å². The molecule has 1 heterocycles. The van der Waals surface area contributed by atoms with Crippen LogP contribution in [0.5, 0.6) is 0 Å². The number of aliphatic carboxylic acids is 2. The van der Waals surface area contributed by atoms with Crippen molar-refractivity contribution in [3.05, 3.63) is 85.0 Å². The Morgan fingerprint density at radius 1 is 0.889 bits per heavy atom. The molecule has 1 unspecified atom stereocenters. The largest absolute Gasteiger partial charge is 0.478 e. The molecular weight excluding hydrogens is 468 g/mol. The molecule has 4 N–H and O–H groups in total. The third-order valence-electron chi connectivity index (χ3n) is 3.42. The zero-order chi connectivity index (χ0) is 28.7. The number of carboxylic acid groups (broad SMARTS) is 2. The number of ether oxygens (including phenoxy) is 2. The molecular formula is C27H38O9. The number of hydrogen-bond acceptors (Lipinski definition) is 7. The fourth-order valence-electron chi connectivity index (χ4n) is 1.34. The van der Waals surface area contributed by atoms with E-state index in [0.717, 1.165) is 11.1 Å². The van der Waals surface area contributed by atoms with Gasteiger partial charge in [-0.25, -0.2) is 14.4 Å². The zero-order valence-electron chi connectivity index (χ0n) is 21.2. The molecule has 1 aromatic rings. The Labute approximate surface area is 213 Å². The number of carbonyl (C=O) groups excluding carboxylic acids is 1. The van der Waals surface area contributed by atoms with E-state index in [0.29, 0.717) is 18.8 Å². The highest BCUT2D eigenvalue weighted by Gasteiger charge is 2.24. The van der Waals surface area contributed by atoms with Crippen LogP contribution in [0.3, 0.4) is 0 Å². The Hall–Kier alpha value is -3.79. The SMILES string of the molecule is C=C(C)C(=O)O.C=C(C)C(=O)O.C=C(C)C(=O)OCC1CO1.C=Cc1ccccc1C=C.OCCO. The smallest absolute Gasteiger partial charge is 0.333 e. The van der Waals surface area contributed by atoms with Crippen molar-refractivity contribution in [3.63, 3.8) is 0 Å². The number of rotatable bonds is 8. The third-order valence-corrected chi connectivity index (χ3v) is 3.42. The van der Waals surface area contributed by atoms with Crippen LogP contribution in [0, 0.1) is 0 Å². The lowest BCUT2D eigenvalue weighted by atomic mass is 10.1. The van der Waals surface area contributed by atoms with Crippen molar-refractivity contribution < 1.29 is 44.3 Å². The summed E-state index contributed by atoms with van der Waals surface area (Å²) in [5.74, 6) is -2.21. The molecule has 1 aliphatic heterocycles. The molecule has 0 aliphatic carbocycles. The Morgan fingerprint density at radius 3 is 1.42 bits per heavy atom. The van der Waals surface area contributed by atoms with E-state index in [4.69, 9.17) is 29.9 Å². The lowest BCUT2D eigenvalue weighted by molar-refractivity contribution is -0.139. The predicted molar refractivity (Wildman–Crippen MR) is 141 cm³/mol. The van der Waals surface area contributed by atoms with Gasteiger partial charge in [0.1, 0.15) is 12.7 Å². The van der Waals surface area contributed by atoms with Crippen molar-refractivity contribution in [2.45, 2.75) is 26.9 Å². The number of esters is 1. The molecule has 1 saturated heterocycles. The molecule has 0 radical (unpaired) electrons. The second-order valence-corrected chi connectivity index (χ2v) is 6.99. The molecule has 1 aromatic carbocycles. The predicted octanol–water partition coefficient (Wildman–Crippen LogP) is 3.74. The van der Waals surface area contributed by atoms with E-state index < -0.39 is 11.9 Å². The van der Waals surface area contributed by atoms with Crippen molar-refractivity contribution in [1.29, 1.82) is 0 Å². The summed E-state index contributed by atoms with van der Waals surface area (Å²) >= 11 is 0. The molecule has 1 aliphatic rings. The molecule has 1 atom stereocenters. The van der Waals surface area contributed by atoms with Crippen molar-refractivity contribution in [2.75, 3.05) is 26.4 Å². The lowest BCUT2D eigenvalue weighted by Crippen LogP contribution is -2.09. The highest BCUT2D eigenvalue weighted by Crippen LogP contribution is 2.10. The van der Waals surface area contributed by atoms with Gasteiger partial charge in [0.05, 0.1) is 19.8 Å². The van der Waals surface area contributed by atoms with Gasteiger partial charge < -0.3 is 29.9 Å². The maximum atomic E-state index is 10.7. The molecule has 0 spiro atoms. The molecule has 9 nitrogen and oxygen atoms in total. The average Bonchev–Trinajstić information content (AvgIpc) is 3.68. The summed E-state index contributed by atoms with van der Waals surface area (Å²) in [5, 5.41) is 31.0. The molecule has 1 fully saturated rings. The topological polar surface area (TPSA) is 154 Å². The first-order valence-electron chi connectivity index (χ1n) is 10.6.